The Morgan fingerprint density at radius 3 is 2.88 bits per heavy atom. The zero-order chi connectivity index (χ0) is 16.5. The number of hydrogen-bond acceptors (Lipinski definition) is 7. The zero-order valence-electron chi connectivity index (χ0n) is 13.7. The monoisotopic (exact) mass is 343 g/mol. The van der Waals surface area contributed by atoms with E-state index >= 15 is 0 Å². The minimum Gasteiger partial charge on any atom is -0.395 e. The van der Waals surface area contributed by atoms with E-state index in [9.17, 15) is 0 Å². The SMILES string of the molecule is Cc1cc(N2CCCCC2)nc2sc3c(NCCO)ncnc3c12. The van der Waals surface area contributed by atoms with Gasteiger partial charge in [-0.2, -0.15) is 0 Å². The summed E-state index contributed by atoms with van der Waals surface area (Å²) in [6.45, 7) is 4.86. The first kappa shape index (κ1) is 15.5. The average molecular weight is 343 g/mol. The number of piperidine rings is 1. The summed E-state index contributed by atoms with van der Waals surface area (Å²) >= 11 is 1.62. The Morgan fingerprint density at radius 2 is 2.08 bits per heavy atom. The van der Waals surface area contributed by atoms with Crippen LogP contribution in [-0.2, 0) is 0 Å². The van der Waals surface area contributed by atoms with Gasteiger partial charge in [0.15, 0.2) is 0 Å². The first-order valence-corrected chi connectivity index (χ1v) is 9.24. The van der Waals surface area contributed by atoms with Crippen molar-refractivity contribution in [1.82, 2.24) is 15.0 Å². The maximum Gasteiger partial charge on any atom is 0.147 e. The largest absolute Gasteiger partial charge is 0.395 e. The highest BCUT2D eigenvalue weighted by molar-refractivity contribution is 7.26. The fraction of sp³-hybridized carbons (Fsp3) is 0.471. The van der Waals surface area contributed by atoms with Gasteiger partial charge < -0.3 is 15.3 Å². The van der Waals surface area contributed by atoms with Gasteiger partial charge >= 0.3 is 0 Å². The Balaban J connectivity index is 1.84. The fourth-order valence-corrected chi connectivity index (χ4v) is 4.48. The van der Waals surface area contributed by atoms with Crippen LogP contribution in [0.2, 0.25) is 0 Å². The Labute approximate surface area is 144 Å². The molecule has 0 atom stereocenters. The van der Waals surface area contributed by atoms with Crippen molar-refractivity contribution in [3.63, 3.8) is 0 Å². The molecule has 0 bridgehead atoms. The normalized spacial score (nSPS) is 15.3. The zero-order valence-corrected chi connectivity index (χ0v) is 14.6. The Morgan fingerprint density at radius 1 is 1.25 bits per heavy atom. The van der Waals surface area contributed by atoms with Crippen molar-refractivity contribution < 1.29 is 5.11 Å². The Kier molecular flexibility index (Phi) is 4.20. The van der Waals surface area contributed by atoms with Crippen LogP contribution in [0, 0.1) is 6.92 Å². The molecule has 0 radical (unpaired) electrons. The molecule has 0 aliphatic carbocycles. The van der Waals surface area contributed by atoms with Crippen molar-refractivity contribution in [2.24, 2.45) is 0 Å². The number of hydrogen-bond donors (Lipinski definition) is 2. The van der Waals surface area contributed by atoms with E-state index in [1.807, 2.05) is 0 Å². The number of rotatable bonds is 4. The third kappa shape index (κ3) is 2.67. The third-order valence-electron chi connectivity index (χ3n) is 4.49. The summed E-state index contributed by atoms with van der Waals surface area (Å²) in [6.07, 6.45) is 5.38. The summed E-state index contributed by atoms with van der Waals surface area (Å²) in [7, 11) is 0. The molecule has 0 spiro atoms. The van der Waals surface area contributed by atoms with E-state index in [2.05, 4.69) is 33.2 Å². The van der Waals surface area contributed by atoms with Crippen LogP contribution >= 0.6 is 11.3 Å². The van der Waals surface area contributed by atoms with E-state index in [0.29, 0.717) is 6.54 Å². The average Bonchev–Trinajstić information content (AvgIpc) is 3.00. The van der Waals surface area contributed by atoms with Gasteiger partial charge in [-0.05, 0) is 37.8 Å². The van der Waals surface area contributed by atoms with E-state index in [-0.39, 0.29) is 6.61 Å². The molecule has 0 unspecified atom stereocenters. The lowest BCUT2D eigenvalue weighted by Crippen LogP contribution is -2.30. The number of thiophene rings is 1. The lowest BCUT2D eigenvalue weighted by atomic mass is 10.1. The topological polar surface area (TPSA) is 74.2 Å². The van der Waals surface area contributed by atoms with Crippen LogP contribution in [-0.4, -0.2) is 46.3 Å². The van der Waals surface area contributed by atoms with E-state index in [4.69, 9.17) is 10.1 Å². The second-order valence-electron chi connectivity index (χ2n) is 6.18. The summed E-state index contributed by atoms with van der Waals surface area (Å²) in [5.41, 5.74) is 2.15. The molecule has 1 fully saturated rings. The van der Waals surface area contributed by atoms with Crippen LogP contribution in [0.5, 0.6) is 0 Å². The van der Waals surface area contributed by atoms with Crippen LogP contribution in [0.3, 0.4) is 0 Å². The molecule has 4 heterocycles. The Hall–Kier alpha value is -1.99. The third-order valence-corrected chi connectivity index (χ3v) is 5.57. The van der Waals surface area contributed by atoms with E-state index < -0.39 is 0 Å². The van der Waals surface area contributed by atoms with E-state index in [1.54, 1.807) is 17.7 Å². The van der Waals surface area contributed by atoms with Crippen molar-refractivity contribution in [3.8, 4) is 0 Å². The first-order chi connectivity index (χ1) is 11.8. The standard InChI is InChI=1S/C17H21N5OS/c1-11-9-12(22-6-3-2-4-7-22)21-17-13(11)14-15(24-17)16(18-5-8-23)20-10-19-14/h9-10,23H,2-8H2,1H3,(H,18,19,20). The lowest BCUT2D eigenvalue weighted by molar-refractivity contribution is 0.311. The van der Waals surface area contributed by atoms with Crippen molar-refractivity contribution >= 4 is 43.4 Å². The van der Waals surface area contributed by atoms with Gasteiger partial charge in [-0.3, -0.25) is 0 Å². The second-order valence-corrected chi connectivity index (χ2v) is 7.18. The van der Waals surface area contributed by atoms with Gasteiger partial charge in [0.25, 0.3) is 0 Å². The lowest BCUT2D eigenvalue weighted by Gasteiger charge is -2.28. The molecule has 4 rings (SSSR count). The summed E-state index contributed by atoms with van der Waals surface area (Å²) < 4.78 is 1.01. The van der Waals surface area contributed by atoms with Gasteiger partial charge in [-0.1, -0.05) is 0 Å². The summed E-state index contributed by atoms with van der Waals surface area (Å²) in [5, 5.41) is 13.3. The molecule has 0 amide bonds. The summed E-state index contributed by atoms with van der Waals surface area (Å²) in [5.74, 6) is 1.85. The van der Waals surface area contributed by atoms with Gasteiger partial charge in [0, 0.05) is 25.0 Å². The van der Waals surface area contributed by atoms with Gasteiger partial charge in [-0.15, -0.1) is 11.3 Å². The molecule has 126 valence electrons. The molecule has 1 aliphatic heterocycles. The number of nitrogens with one attached hydrogen (secondary N) is 1. The summed E-state index contributed by atoms with van der Waals surface area (Å²) in [6, 6.07) is 2.18. The van der Waals surface area contributed by atoms with Crippen molar-refractivity contribution in [3.05, 3.63) is 18.0 Å². The smallest absolute Gasteiger partial charge is 0.147 e. The van der Waals surface area contributed by atoms with Crippen LogP contribution in [0.4, 0.5) is 11.6 Å². The number of fused-ring (bicyclic) bond motifs is 3. The van der Waals surface area contributed by atoms with Crippen molar-refractivity contribution in [2.75, 3.05) is 36.5 Å². The van der Waals surface area contributed by atoms with Crippen LogP contribution in [0.25, 0.3) is 20.4 Å². The molecule has 7 heteroatoms. The molecule has 2 N–H and O–H groups in total. The predicted molar refractivity (Wildman–Crippen MR) is 99.1 cm³/mol. The Bertz CT molecular complexity index is 872. The van der Waals surface area contributed by atoms with Crippen LogP contribution in [0.1, 0.15) is 24.8 Å². The molecular formula is C17H21N5OS. The van der Waals surface area contributed by atoms with Crippen molar-refractivity contribution in [1.29, 1.82) is 0 Å². The van der Waals surface area contributed by atoms with Gasteiger partial charge in [0.05, 0.1) is 16.8 Å². The van der Waals surface area contributed by atoms with Crippen LogP contribution < -0.4 is 10.2 Å². The molecular weight excluding hydrogens is 322 g/mol. The number of aryl methyl sites for hydroxylation is 1. The van der Waals surface area contributed by atoms with Crippen LogP contribution in [0.15, 0.2) is 12.4 Å². The number of anilines is 2. The number of nitrogens with zero attached hydrogens (tertiary/aromatic N) is 4. The molecule has 3 aromatic heterocycles. The second kappa shape index (κ2) is 6.49. The first-order valence-electron chi connectivity index (χ1n) is 8.42. The molecule has 1 saturated heterocycles. The number of aromatic nitrogens is 3. The minimum absolute atomic E-state index is 0.0762. The molecule has 24 heavy (non-hydrogen) atoms. The molecule has 3 aromatic rings. The van der Waals surface area contributed by atoms with E-state index in [1.165, 1.54) is 24.8 Å². The maximum atomic E-state index is 9.04. The van der Waals surface area contributed by atoms with Gasteiger partial charge in [-0.25, -0.2) is 15.0 Å². The number of aliphatic hydroxyl groups is 1. The predicted octanol–water partition coefficient (Wildman–Crippen LogP) is 2.94. The molecule has 1 aliphatic rings. The van der Waals surface area contributed by atoms with Gasteiger partial charge in [0.2, 0.25) is 0 Å². The summed E-state index contributed by atoms with van der Waals surface area (Å²) in [4.78, 5) is 17.1. The highest BCUT2D eigenvalue weighted by Gasteiger charge is 2.18. The molecule has 0 saturated carbocycles. The highest BCUT2D eigenvalue weighted by Crippen LogP contribution is 2.38. The van der Waals surface area contributed by atoms with Crippen molar-refractivity contribution in [2.45, 2.75) is 26.2 Å². The van der Waals surface area contributed by atoms with E-state index in [0.717, 1.165) is 45.2 Å². The maximum absolute atomic E-state index is 9.04. The fourth-order valence-electron chi connectivity index (χ4n) is 3.32. The quantitative estimate of drug-likeness (QED) is 0.759. The minimum atomic E-state index is 0.0762. The number of pyridine rings is 1. The van der Waals surface area contributed by atoms with Gasteiger partial charge in [0.1, 0.15) is 22.8 Å². The number of aliphatic hydroxyl groups excluding tert-OH is 1. The molecule has 6 nitrogen and oxygen atoms in total. The highest BCUT2D eigenvalue weighted by atomic mass is 32.1. The molecule has 0 aromatic carbocycles.